The van der Waals surface area contributed by atoms with Crippen molar-refractivity contribution in [2.75, 3.05) is 11.9 Å². The molecule has 2 heterocycles. The molecule has 1 aliphatic heterocycles. The van der Waals surface area contributed by atoms with Gasteiger partial charge in [0.2, 0.25) is 0 Å². The number of nitrogens with one attached hydrogen (secondary N) is 2. The minimum atomic E-state index is -0.477. The van der Waals surface area contributed by atoms with Crippen LogP contribution in [0.2, 0.25) is 5.15 Å². The second-order valence-electron chi connectivity index (χ2n) is 6.04. The lowest BCUT2D eigenvalue weighted by Gasteiger charge is -2.17. The highest BCUT2D eigenvalue weighted by Gasteiger charge is 2.57. The molecule has 1 aromatic carbocycles. The minimum Gasteiger partial charge on any atom is -0.492 e. The number of ether oxygens (including phenoxy) is 1. The van der Waals surface area contributed by atoms with Crippen LogP contribution in [0.15, 0.2) is 28.7 Å². The monoisotopic (exact) mass is 436 g/mol. The average molecular weight is 438 g/mol. The molecule has 9 heteroatoms. The fourth-order valence-corrected chi connectivity index (χ4v) is 3.90. The number of rotatable bonds is 2. The summed E-state index contributed by atoms with van der Waals surface area (Å²) in [6.07, 6.45) is 0. The van der Waals surface area contributed by atoms with Gasteiger partial charge in [-0.15, -0.1) is 0 Å². The molecule has 2 aromatic rings. The summed E-state index contributed by atoms with van der Waals surface area (Å²) in [7, 11) is 0. The molecule has 6 nitrogen and oxygen atoms in total. The van der Waals surface area contributed by atoms with Gasteiger partial charge >= 0.3 is 6.03 Å². The lowest BCUT2D eigenvalue weighted by Crippen LogP contribution is -2.32. The maximum absolute atomic E-state index is 14.2. The van der Waals surface area contributed by atoms with E-state index in [9.17, 15) is 9.18 Å². The van der Waals surface area contributed by atoms with Crippen molar-refractivity contribution in [1.82, 2.24) is 10.3 Å². The van der Waals surface area contributed by atoms with E-state index in [1.54, 1.807) is 6.07 Å². The van der Waals surface area contributed by atoms with Gasteiger partial charge in [0.05, 0.1) is 16.6 Å². The number of carbonyl (C=O) groups is 1. The van der Waals surface area contributed by atoms with E-state index >= 15 is 0 Å². The van der Waals surface area contributed by atoms with E-state index in [0.29, 0.717) is 22.4 Å². The first-order valence-electron chi connectivity index (χ1n) is 7.74. The number of halogens is 3. The number of benzene rings is 1. The second-order valence-corrected chi connectivity index (χ2v) is 7.26. The molecule has 3 atom stereocenters. The lowest BCUT2D eigenvalue weighted by molar-refractivity contribution is 0.249. The minimum absolute atomic E-state index is 0.0136. The molecule has 1 saturated carbocycles. The molecule has 0 saturated heterocycles. The van der Waals surface area contributed by atoms with Gasteiger partial charge < -0.3 is 10.1 Å². The fourth-order valence-electron chi connectivity index (χ4n) is 3.25. The molecule has 2 N–H and O–H groups in total. The Morgan fingerprint density at radius 1 is 1.42 bits per heavy atom. The number of nitriles is 1. The molecule has 1 aliphatic carbocycles. The first-order chi connectivity index (χ1) is 12.5. The lowest BCUT2D eigenvalue weighted by atomic mass is 10.1. The number of nitrogens with zero attached hydrogens (tertiary/aromatic N) is 2. The van der Waals surface area contributed by atoms with Gasteiger partial charge in [-0.3, -0.25) is 5.32 Å². The Hall–Kier alpha value is -2.37. The summed E-state index contributed by atoms with van der Waals surface area (Å²) >= 11 is 9.21. The smallest absolute Gasteiger partial charge is 0.320 e. The van der Waals surface area contributed by atoms with Gasteiger partial charge in [0.15, 0.2) is 0 Å². The Balaban J connectivity index is 1.46. The Morgan fingerprint density at radius 2 is 2.23 bits per heavy atom. The summed E-state index contributed by atoms with van der Waals surface area (Å²) in [5.74, 6) is 0.273. The summed E-state index contributed by atoms with van der Waals surface area (Å²) < 4.78 is 20.6. The van der Waals surface area contributed by atoms with Crippen molar-refractivity contribution in [3.05, 3.63) is 50.8 Å². The third-order valence-corrected chi connectivity index (χ3v) is 5.44. The molecular weight excluding hydrogens is 427 g/mol. The van der Waals surface area contributed by atoms with Crippen molar-refractivity contribution in [2.45, 2.75) is 12.0 Å². The predicted octanol–water partition coefficient (Wildman–Crippen LogP) is 3.80. The van der Waals surface area contributed by atoms with Gasteiger partial charge in [0.1, 0.15) is 28.6 Å². The molecule has 0 bridgehead atoms. The quantitative estimate of drug-likeness (QED) is 0.700. The Bertz CT molecular complexity index is 965. The van der Waals surface area contributed by atoms with Crippen LogP contribution < -0.4 is 15.4 Å². The number of pyridine rings is 1. The zero-order valence-electron chi connectivity index (χ0n) is 13.1. The van der Waals surface area contributed by atoms with Crippen LogP contribution >= 0.6 is 27.5 Å². The number of fused-ring (bicyclic) bond motifs is 3. The Labute approximate surface area is 161 Å². The van der Waals surface area contributed by atoms with E-state index in [1.165, 1.54) is 18.2 Å². The van der Waals surface area contributed by atoms with Crippen LogP contribution in [0.25, 0.3) is 0 Å². The third-order valence-electron chi connectivity index (χ3n) is 4.53. The van der Waals surface area contributed by atoms with Crippen molar-refractivity contribution in [3.63, 3.8) is 0 Å². The molecule has 2 amide bonds. The molecule has 1 fully saturated rings. The molecule has 0 spiro atoms. The molecule has 4 rings (SSSR count). The number of amides is 2. The Morgan fingerprint density at radius 3 is 2.96 bits per heavy atom. The van der Waals surface area contributed by atoms with Crippen LogP contribution in [0.1, 0.15) is 17.0 Å². The second kappa shape index (κ2) is 6.41. The van der Waals surface area contributed by atoms with Crippen molar-refractivity contribution < 1.29 is 13.9 Å². The number of anilines is 1. The first-order valence-corrected chi connectivity index (χ1v) is 8.91. The number of hydrogen-bond acceptors (Lipinski definition) is 4. The zero-order valence-corrected chi connectivity index (χ0v) is 15.4. The molecule has 132 valence electrons. The van der Waals surface area contributed by atoms with Crippen molar-refractivity contribution in [1.29, 1.82) is 5.26 Å². The molecule has 1 aromatic heterocycles. The van der Waals surface area contributed by atoms with Crippen molar-refractivity contribution >= 4 is 39.4 Å². The van der Waals surface area contributed by atoms with Gasteiger partial charge in [-0.05, 0) is 40.2 Å². The van der Waals surface area contributed by atoms with E-state index < -0.39 is 6.03 Å². The van der Waals surface area contributed by atoms with E-state index in [0.717, 1.165) is 0 Å². The van der Waals surface area contributed by atoms with Crippen molar-refractivity contribution in [3.8, 4) is 11.8 Å². The largest absolute Gasteiger partial charge is 0.492 e. The summed E-state index contributed by atoms with van der Waals surface area (Å²) in [6.45, 7) is 0.408. The highest BCUT2D eigenvalue weighted by atomic mass is 79.9. The molecule has 2 aliphatic rings. The highest BCUT2D eigenvalue weighted by molar-refractivity contribution is 9.10. The number of urea groups is 1. The first kappa shape index (κ1) is 17.1. The van der Waals surface area contributed by atoms with Gasteiger partial charge in [0, 0.05) is 23.4 Å². The SMILES string of the molecule is N#Cc1ccc(NC(=O)NC2C3COc4c(Br)ccc(F)c4C32)nc1Cl. The van der Waals surface area contributed by atoms with Gasteiger partial charge in [0.25, 0.3) is 0 Å². The average Bonchev–Trinajstić information content (AvgIpc) is 3.31. The highest BCUT2D eigenvalue weighted by Crippen LogP contribution is 2.56. The Kier molecular flexibility index (Phi) is 4.21. The van der Waals surface area contributed by atoms with Crippen molar-refractivity contribution in [2.24, 2.45) is 5.92 Å². The molecule has 0 radical (unpaired) electrons. The zero-order chi connectivity index (χ0) is 18.4. The van der Waals surface area contributed by atoms with Crippen LogP contribution in [0.3, 0.4) is 0 Å². The van der Waals surface area contributed by atoms with Gasteiger partial charge in [-0.1, -0.05) is 11.6 Å². The fraction of sp³-hybridized carbons (Fsp3) is 0.235. The number of hydrogen-bond donors (Lipinski definition) is 2. The van der Waals surface area contributed by atoms with E-state index in [-0.39, 0.29) is 40.2 Å². The predicted molar refractivity (Wildman–Crippen MR) is 95.7 cm³/mol. The standard InChI is InChI=1S/C17H11BrClFN4O2/c18-9-2-3-10(20)13-12-8(6-26-15(9)13)14(12)24-17(25)23-11-4-1-7(5-21)16(19)22-11/h1-4,8,12,14H,6H2,(H2,22,23,24,25). The molecule has 26 heavy (non-hydrogen) atoms. The van der Waals surface area contributed by atoms with E-state index in [2.05, 4.69) is 31.5 Å². The van der Waals surface area contributed by atoms with Gasteiger partial charge in [-0.25, -0.2) is 14.2 Å². The van der Waals surface area contributed by atoms with Crippen LogP contribution in [0, 0.1) is 23.1 Å². The maximum atomic E-state index is 14.2. The third kappa shape index (κ3) is 2.87. The maximum Gasteiger partial charge on any atom is 0.320 e. The molecule has 3 unspecified atom stereocenters. The summed E-state index contributed by atoms with van der Waals surface area (Å²) in [6, 6.07) is 7.13. The molecular formula is C17H11BrClFN4O2. The summed E-state index contributed by atoms with van der Waals surface area (Å²) in [5.41, 5.74) is 0.709. The summed E-state index contributed by atoms with van der Waals surface area (Å²) in [5, 5.41) is 14.2. The van der Waals surface area contributed by atoms with E-state index in [4.69, 9.17) is 21.6 Å². The van der Waals surface area contributed by atoms with Crippen LogP contribution in [-0.2, 0) is 0 Å². The number of aromatic nitrogens is 1. The normalized spacial score (nSPS) is 22.3. The van der Waals surface area contributed by atoms with Gasteiger partial charge in [-0.2, -0.15) is 5.26 Å². The van der Waals surface area contributed by atoms with E-state index in [1.807, 2.05) is 6.07 Å². The topological polar surface area (TPSA) is 87.0 Å². The number of carbonyl (C=O) groups excluding carboxylic acids is 1. The summed E-state index contributed by atoms with van der Waals surface area (Å²) in [4.78, 5) is 16.2. The van der Waals surface area contributed by atoms with Crippen LogP contribution in [-0.4, -0.2) is 23.7 Å². The van der Waals surface area contributed by atoms with Crippen LogP contribution in [0.5, 0.6) is 5.75 Å². The van der Waals surface area contributed by atoms with Crippen LogP contribution in [0.4, 0.5) is 15.0 Å².